The van der Waals surface area contributed by atoms with Crippen molar-refractivity contribution >= 4 is 28.6 Å². The third-order valence-corrected chi connectivity index (χ3v) is 7.67. The Morgan fingerprint density at radius 3 is 2.89 bits per heavy atom. The Morgan fingerprint density at radius 1 is 1.29 bits per heavy atom. The van der Waals surface area contributed by atoms with Gasteiger partial charge in [-0.05, 0) is 67.5 Å². The quantitative estimate of drug-likeness (QED) is 0.368. The summed E-state index contributed by atoms with van der Waals surface area (Å²) in [5, 5.41) is 10.2. The first kappa shape index (κ1) is 25.3. The number of ether oxygens (including phenoxy) is 1. The molecule has 0 spiro atoms. The predicted molar refractivity (Wildman–Crippen MR) is 134 cm³/mol. The summed E-state index contributed by atoms with van der Waals surface area (Å²) < 4.78 is 20.7. The van der Waals surface area contributed by atoms with E-state index in [1.165, 1.54) is 6.33 Å². The van der Waals surface area contributed by atoms with Crippen LogP contribution in [0.15, 0.2) is 54.1 Å². The molecule has 35 heavy (non-hydrogen) atoms. The maximum absolute atomic E-state index is 15.4. The molecule has 0 aliphatic carbocycles. The fraction of sp³-hybridized carbons (Fsp3) is 0.462. The first-order valence-electron chi connectivity index (χ1n) is 11.9. The third-order valence-electron chi connectivity index (χ3n) is 6.74. The van der Waals surface area contributed by atoms with Crippen LogP contribution in [0.25, 0.3) is 10.9 Å². The Balaban J connectivity index is 1.35. The number of benzene rings is 1. The highest BCUT2D eigenvalue weighted by molar-refractivity contribution is 7.99. The number of likely N-dealkylation sites (tertiary alicyclic amines) is 1. The standard InChI is InChI=1S/C26H31FN4O3S/c1-34-20-3-5-25-23(13-20)22(6-8-30-25)24(27)4-2-18-7-9-31(16-19(18)12-26(32)33)10-11-35-21-14-28-17-29-15-21/h3,5-6,8,13-15,17-19,24H,2,4,7,9-12,16H2,1H3,(H,32,33)/t18-,19+,24-/m1/s1. The molecule has 3 aromatic rings. The van der Waals surface area contributed by atoms with Gasteiger partial charge in [0.25, 0.3) is 0 Å². The minimum atomic E-state index is -1.14. The van der Waals surface area contributed by atoms with Crippen LogP contribution in [-0.2, 0) is 4.79 Å². The number of fused-ring (bicyclic) bond motifs is 1. The molecule has 186 valence electrons. The van der Waals surface area contributed by atoms with Crippen LogP contribution in [0.2, 0.25) is 0 Å². The molecular weight excluding hydrogens is 467 g/mol. The van der Waals surface area contributed by atoms with Crippen molar-refractivity contribution in [2.24, 2.45) is 11.8 Å². The second kappa shape index (κ2) is 12.3. The topological polar surface area (TPSA) is 88.4 Å². The van der Waals surface area contributed by atoms with Gasteiger partial charge in [0.05, 0.1) is 12.6 Å². The SMILES string of the molecule is COc1ccc2nccc([C@H](F)CC[C@@H]3CCN(CCSc4cncnc4)C[C@@H]3CC(=O)O)c2c1. The highest BCUT2D eigenvalue weighted by Gasteiger charge is 2.31. The van der Waals surface area contributed by atoms with Gasteiger partial charge in [0.15, 0.2) is 0 Å². The van der Waals surface area contributed by atoms with Gasteiger partial charge in [0.1, 0.15) is 18.2 Å². The van der Waals surface area contributed by atoms with Gasteiger partial charge in [0, 0.05) is 54.1 Å². The molecule has 9 heteroatoms. The number of hydrogen-bond acceptors (Lipinski definition) is 7. The number of carboxylic acid groups (broad SMARTS) is 1. The highest BCUT2D eigenvalue weighted by Crippen LogP contribution is 2.36. The van der Waals surface area contributed by atoms with Gasteiger partial charge in [-0.3, -0.25) is 9.78 Å². The van der Waals surface area contributed by atoms with Crippen LogP contribution in [0.4, 0.5) is 4.39 Å². The highest BCUT2D eigenvalue weighted by atomic mass is 32.2. The van der Waals surface area contributed by atoms with Gasteiger partial charge in [-0.15, -0.1) is 11.8 Å². The summed E-state index contributed by atoms with van der Waals surface area (Å²) in [6.07, 6.45) is 7.64. The molecule has 1 aliphatic heterocycles. The van der Waals surface area contributed by atoms with E-state index in [4.69, 9.17) is 4.74 Å². The molecule has 2 aromatic heterocycles. The van der Waals surface area contributed by atoms with Crippen LogP contribution in [0.5, 0.6) is 5.75 Å². The van der Waals surface area contributed by atoms with E-state index in [0.717, 1.165) is 47.6 Å². The summed E-state index contributed by atoms with van der Waals surface area (Å²) >= 11 is 1.70. The number of rotatable bonds is 11. The van der Waals surface area contributed by atoms with E-state index in [9.17, 15) is 9.90 Å². The number of piperidine rings is 1. The first-order valence-corrected chi connectivity index (χ1v) is 12.9. The summed E-state index contributed by atoms with van der Waals surface area (Å²) in [5.74, 6) is 0.988. The van der Waals surface area contributed by atoms with Gasteiger partial charge in [-0.1, -0.05) is 0 Å². The number of carboxylic acids is 1. The second-order valence-corrected chi connectivity index (χ2v) is 10.1. The number of alkyl halides is 1. The lowest BCUT2D eigenvalue weighted by Crippen LogP contribution is -2.42. The van der Waals surface area contributed by atoms with Crippen LogP contribution >= 0.6 is 11.8 Å². The molecule has 0 amide bonds. The van der Waals surface area contributed by atoms with E-state index in [0.29, 0.717) is 24.2 Å². The van der Waals surface area contributed by atoms with Crippen molar-refractivity contribution < 1.29 is 19.0 Å². The Morgan fingerprint density at radius 2 is 2.11 bits per heavy atom. The molecule has 1 aromatic carbocycles. The summed E-state index contributed by atoms with van der Waals surface area (Å²) in [4.78, 5) is 27.3. The zero-order valence-corrected chi connectivity index (χ0v) is 20.7. The van der Waals surface area contributed by atoms with Gasteiger partial charge < -0.3 is 14.7 Å². The Bertz CT molecular complexity index is 1120. The maximum atomic E-state index is 15.4. The number of pyridine rings is 1. The van der Waals surface area contributed by atoms with Crippen molar-refractivity contribution in [3.63, 3.8) is 0 Å². The van der Waals surface area contributed by atoms with Crippen molar-refractivity contribution in [1.29, 1.82) is 0 Å². The van der Waals surface area contributed by atoms with Gasteiger partial charge in [0.2, 0.25) is 0 Å². The molecule has 3 heterocycles. The number of thioether (sulfide) groups is 1. The molecule has 0 radical (unpaired) electrons. The summed E-state index contributed by atoms with van der Waals surface area (Å²) in [5.41, 5.74) is 1.35. The summed E-state index contributed by atoms with van der Waals surface area (Å²) in [6.45, 7) is 2.51. The van der Waals surface area contributed by atoms with Gasteiger partial charge >= 0.3 is 5.97 Å². The smallest absolute Gasteiger partial charge is 0.303 e. The zero-order valence-electron chi connectivity index (χ0n) is 19.8. The number of halogens is 1. The maximum Gasteiger partial charge on any atom is 0.303 e. The number of nitrogens with zero attached hydrogens (tertiary/aromatic N) is 4. The number of methoxy groups -OCH3 is 1. The second-order valence-electron chi connectivity index (χ2n) is 8.96. The fourth-order valence-electron chi connectivity index (χ4n) is 4.91. The Hall–Kier alpha value is -2.78. The van der Waals surface area contributed by atoms with Crippen LogP contribution in [0.1, 0.15) is 37.4 Å². The zero-order chi connectivity index (χ0) is 24.6. The largest absolute Gasteiger partial charge is 0.497 e. The molecular formula is C26H31FN4O3S. The van der Waals surface area contributed by atoms with E-state index in [2.05, 4.69) is 19.9 Å². The Kier molecular flexibility index (Phi) is 8.87. The number of aromatic nitrogens is 3. The average molecular weight is 499 g/mol. The van der Waals surface area contributed by atoms with Crippen molar-refractivity contribution in [2.45, 2.75) is 36.8 Å². The minimum absolute atomic E-state index is 0.0211. The molecule has 1 aliphatic rings. The summed E-state index contributed by atoms with van der Waals surface area (Å²) in [6, 6.07) is 7.23. The average Bonchev–Trinajstić information content (AvgIpc) is 2.87. The predicted octanol–water partition coefficient (Wildman–Crippen LogP) is 5.03. The lowest BCUT2D eigenvalue weighted by Gasteiger charge is -2.38. The molecule has 7 nitrogen and oxygen atoms in total. The van der Waals surface area contributed by atoms with Gasteiger partial charge in [-0.2, -0.15) is 0 Å². The van der Waals surface area contributed by atoms with E-state index < -0.39 is 12.1 Å². The minimum Gasteiger partial charge on any atom is -0.497 e. The fourth-order valence-corrected chi connectivity index (χ4v) is 5.77. The molecule has 0 unspecified atom stereocenters. The molecule has 3 atom stereocenters. The monoisotopic (exact) mass is 498 g/mol. The molecule has 4 rings (SSSR count). The van der Waals surface area contributed by atoms with Crippen molar-refractivity contribution in [3.8, 4) is 5.75 Å². The molecule has 1 saturated heterocycles. The lowest BCUT2D eigenvalue weighted by atomic mass is 9.79. The Labute approximate surface area is 209 Å². The van der Waals surface area contributed by atoms with Crippen molar-refractivity contribution in [1.82, 2.24) is 19.9 Å². The molecule has 1 fully saturated rings. The molecule has 0 saturated carbocycles. The van der Waals surface area contributed by atoms with Crippen LogP contribution in [-0.4, -0.2) is 63.4 Å². The van der Waals surface area contributed by atoms with Crippen molar-refractivity contribution in [3.05, 3.63) is 54.7 Å². The van der Waals surface area contributed by atoms with Crippen molar-refractivity contribution in [2.75, 3.05) is 32.5 Å². The lowest BCUT2D eigenvalue weighted by molar-refractivity contribution is -0.139. The van der Waals surface area contributed by atoms with E-state index in [1.54, 1.807) is 43.5 Å². The number of hydrogen-bond donors (Lipinski definition) is 1. The number of aliphatic carboxylic acids is 1. The van der Waals surface area contributed by atoms with Gasteiger partial charge in [-0.25, -0.2) is 14.4 Å². The first-order chi connectivity index (χ1) is 17.0. The number of carbonyl (C=O) groups is 1. The van der Waals surface area contributed by atoms with E-state index >= 15 is 4.39 Å². The van der Waals surface area contributed by atoms with E-state index in [-0.39, 0.29) is 18.3 Å². The normalized spacial score (nSPS) is 19.5. The van der Waals surface area contributed by atoms with E-state index in [1.807, 2.05) is 18.2 Å². The third kappa shape index (κ3) is 6.89. The summed E-state index contributed by atoms with van der Waals surface area (Å²) in [7, 11) is 1.59. The van der Waals surface area contributed by atoms with Crippen LogP contribution in [0, 0.1) is 11.8 Å². The van der Waals surface area contributed by atoms with Crippen LogP contribution in [0.3, 0.4) is 0 Å². The molecule has 1 N–H and O–H groups in total. The van der Waals surface area contributed by atoms with Crippen LogP contribution < -0.4 is 4.74 Å². The molecule has 0 bridgehead atoms.